The molecule has 1 aromatic rings. The van der Waals surface area contributed by atoms with Gasteiger partial charge in [-0.1, -0.05) is 0 Å². The molecule has 5 heteroatoms. The van der Waals surface area contributed by atoms with Gasteiger partial charge in [-0.2, -0.15) is 13.2 Å². The lowest BCUT2D eigenvalue weighted by atomic mass is 10.2. The zero-order valence-corrected chi connectivity index (χ0v) is 6.20. The number of hydrogen-bond donors (Lipinski definition) is 1. The highest BCUT2D eigenvalue weighted by molar-refractivity contribution is 5.16. The maximum Gasteiger partial charge on any atom is 0.421 e. The summed E-state index contributed by atoms with van der Waals surface area (Å²) in [5.41, 5.74) is -1.75. The second-order valence-corrected chi connectivity index (χ2v) is 2.39. The topological polar surface area (TPSA) is 32.9 Å². The second kappa shape index (κ2) is 2.66. The molecule has 0 aliphatic rings. The van der Waals surface area contributed by atoms with Crippen molar-refractivity contribution in [3.8, 4) is 0 Å². The molecule has 12 heavy (non-hydrogen) atoms. The summed E-state index contributed by atoms with van der Waals surface area (Å²) in [6, 6.07) is 0.919. The van der Waals surface area contributed by atoms with Gasteiger partial charge in [0.2, 0.25) is 0 Å². The van der Waals surface area contributed by atoms with E-state index in [1.165, 1.54) is 6.92 Å². The number of aromatic amines is 1. The second-order valence-electron chi connectivity index (χ2n) is 2.39. The molecule has 0 unspecified atom stereocenters. The number of H-pyrrole nitrogens is 1. The standard InChI is InChI=1S/C7H6F3NO/c1-4-2-6(12)5(3-11-4)7(8,9)10/h2-3H,1H3,(H,11,12). The molecule has 0 aromatic carbocycles. The third kappa shape index (κ3) is 1.66. The molecule has 2 nitrogen and oxygen atoms in total. The first-order valence-electron chi connectivity index (χ1n) is 3.18. The van der Waals surface area contributed by atoms with E-state index in [4.69, 9.17) is 0 Å². The van der Waals surface area contributed by atoms with Crippen molar-refractivity contribution in [2.45, 2.75) is 13.1 Å². The minimum atomic E-state index is -4.57. The van der Waals surface area contributed by atoms with Crippen LogP contribution in [-0.4, -0.2) is 4.98 Å². The fourth-order valence-corrected chi connectivity index (χ4v) is 0.795. The number of aromatic nitrogens is 1. The lowest BCUT2D eigenvalue weighted by molar-refractivity contribution is -0.138. The van der Waals surface area contributed by atoms with E-state index in [9.17, 15) is 18.0 Å². The van der Waals surface area contributed by atoms with Crippen LogP contribution in [0.2, 0.25) is 0 Å². The molecule has 0 amide bonds. The van der Waals surface area contributed by atoms with E-state index < -0.39 is 17.2 Å². The summed E-state index contributed by atoms with van der Waals surface area (Å²) in [7, 11) is 0. The number of nitrogens with one attached hydrogen (secondary N) is 1. The molecule has 1 heterocycles. The van der Waals surface area contributed by atoms with Crippen LogP contribution in [-0.2, 0) is 6.18 Å². The number of hydrogen-bond acceptors (Lipinski definition) is 1. The Labute approximate surface area is 66.0 Å². The molecule has 0 fully saturated rings. The highest BCUT2D eigenvalue weighted by Gasteiger charge is 2.33. The molecule has 0 saturated carbocycles. The predicted molar refractivity (Wildman–Crippen MR) is 36.8 cm³/mol. The van der Waals surface area contributed by atoms with Crippen LogP contribution >= 0.6 is 0 Å². The number of halogens is 3. The van der Waals surface area contributed by atoms with Crippen LogP contribution in [0.4, 0.5) is 13.2 Å². The molecule has 0 saturated heterocycles. The fourth-order valence-electron chi connectivity index (χ4n) is 0.795. The zero-order chi connectivity index (χ0) is 9.35. The average molecular weight is 177 g/mol. The van der Waals surface area contributed by atoms with E-state index in [1.807, 2.05) is 0 Å². The predicted octanol–water partition coefficient (Wildman–Crippen LogP) is 1.70. The summed E-state index contributed by atoms with van der Waals surface area (Å²) in [4.78, 5) is 13.1. The van der Waals surface area contributed by atoms with Crippen LogP contribution in [0.1, 0.15) is 11.3 Å². The van der Waals surface area contributed by atoms with E-state index in [-0.39, 0.29) is 0 Å². The molecular formula is C7H6F3NO. The van der Waals surface area contributed by atoms with Crippen molar-refractivity contribution < 1.29 is 13.2 Å². The molecule has 1 aromatic heterocycles. The van der Waals surface area contributed by atoms with Gasteiger partial charge in [0, 0.05) is 18.0 Å². The van der Waals surface area contributed by atoms with Crippen LogP contribution in [0.3, 0.4) is 0 Å². The van der Waals surface area contributed by atoms with Crippen molar-refractivity contribution >= 4 is 0 Å². The van der Waals surface area contributed by atoms with Gasteiger partial charge in [-0.05, 0) is 6.92 Å². The normalized spacial score (nSPS) is 11.7. The quantitative estimate of drug-likeness (QED) is 0.642. The number of alkyl halides is 3. The Morgan fingerprint density at radius 2 is 2.00 bits per heavy atom. The Balaban J connectivity index is 3.29. The van der Waals surface area contributed by atoms with Gasteiger partial charge >= 0.3 is 6.18 Å². The summed E-state index contributed by atoms with van der Waals surface area (Å²) >= 11 is 0. The fraction of sp³-hybridized carbons (Fsp3) is 0.286. The summed E-state index contributed by atoms with van der Waals surface area (Å²) in [5, 5.41) is 0. The monoisotopic (exact) mass is 177 g/mol. The molecule has 0 aliphatic carbocycles. The van der Waals surface area contributed by atoms with E-state index in [0.29, 0.717) is 11.9 Å². The number of aryl methyl sites for hydroxylation is 1. The smallest absolute Gasteiger partial charge is 0.364 e. The van der Waals surface area contributed by atoms with Crippen LogP contribution in [0.25, 0.3) is 0 Å². The van der Waals surface area contributed by atoms with Crippen LogP contribution in [0.15, 0.2) is 17.1 Å². The lowest BCUT2D eigenvalue weighted by Gasteiger charge is -2.04. The summed E-state index contributed by atoms with van der Waals surface area (Å²) in [6.45, 7) is 1.52. The number of rotatable bonds is 0. The maximum atomic E-state index is 12.0. The van der Waals surface area contributed by atoms with Gasteiger partial charge in [0.1, 0.15) is 5.56 Å². The van der Waals surface area contributed by atoms with Crippen molar-refractivity contribution in [1.82, 2.24) is 4.98 Å². The third-order valence-electron chi connectivity index (χ3n) is 1.36. The first kappa shape index (κ1) is 8.83. The first-order valence-corrected chi connectivity index (χ1v) is 3.18. The number of pyridine rings is 1. The van der Waals surface area contributed by atoms with Gasteiger partial charge in [0.15, 0.2) is 5.43 Å². The summed E-state index contributed by atoms with van der Waals surface area (Å²) < 4.78 is 35.9. The van der Waals surface area contributed by atoms with Gasteiger partial charge in [-0.3, -0.25) is 4.79 Å². The molecule has 0 radical (unpaired) electrons. The van der Waals surface area contributed by atoms with Crippen molar-refractivity contribution in [2.75, 3.05) is 0 Å². The van der Waals surface area contributed by atoms with Gasteiger partial charge in [0.05, 0.1) is 0 Å². The molecule has 66 valence electrons. The Bertz CT molecular complexity index is 339. The Morgan fingerprint density at radius 3 is 2.42 bits per heavy atom. The van der Waals surface area contributed by atoms with Gasteiger partial charge in [0.25, 0.3) is 0 Å². The SMILES string of the molecule is Cc1cc(=O)c(C(F)(F)F)c[nH]1. The Morgan fingerprint density at radius 1 is 1.42 bits per heavy atom. The van der Waals surface area contributed by atoms with Gasteiger partial charge < -0.3 is 4.98 Å². The molecular weight excluding hydrogens is 171 g/mol. The largest absolute Gasteiger partial charge is 0.421 e. The van der Waals surface area contributed by atoms with Gasteiger partial charge in [-0.15, -0.1) is 0 Å². The van der Waals surface area contributed by atoms with E-state index in [2.05, 4.69) is 4.98 Å². The van der Waals surface area contributed by atoms with E-state index in [0.717, 1.165) is 6.07 Å². The maximum absolute atomic E-state index is 12.0. The first-order chi connectivity index (χ1) is 5.41. The lowest BCUT2D eigenvalue weighted by Crippen LogP contribution is -2.19. The molecule has 1 N–H and O–H groups in total. The van der Waals surface area contributed by atoms with E-state index in [1.54, 1.807) is 0 Å². The van der Waals surface area contributed by atoms with Crippen LogP contribution in [0.5, 0.6) is 0 Å². The minimum absolute atomic E-state index is 0.410. The highest BCUT2D eigenvalue weighted by atomic mass is 19.4. The molecule has 0 bridgehead atoms. The molecule has 0 atom stereocenters. The zero-order valence-electron chi connectivity index (χ0n) is 6.20. The van der Waals surface area contributed by atoms with Crippen LogP contribution in [0, 0.1) is 6.92 Å². The van der Waals surface area contributed by atoms with Crippen molar-refractivity contribution in [3.05, 3.63) is 33.7 Å². The molecule has 0 spiro atoms. The highest BCUT2D eigenvalue weighted by Crippen LogP contribution is 2.25. The van der Waals surface area contributed by atoms with Crippen molar-refractivity contribution in [3.63, 3.8) is 0 Å². The Hall–Kier alpha value is -1.26. The summed E-state index contributed by atoms with van der Waals surface area (Å²) in [5.74, 6) is 0. The third-order valence-corrected chi connectivity index (χ3v) is 1.36. The van der Waals surface area contributed by atoms with Crippen LogP contribution < -0.4 is 5.43 Å². The summed E-state index contributed by atoms with van der Waals surface area (Å²) in [6.07, 6.45) is -3.89. The van der Waals surface area contributed by atoms with Crippen molar-refractivity contribution in [2.24, 2.45) is 0 Å². The van der Waals surface area contributed by atoms with Gasteiger partial charge in [-0.25, -0.2) is 0 Å². The Kier molecular flexibility index (Phi) is 1.95. The molecule has 1 rings (SSSR count). The minimum Gasteiger partial charge on any atom is -0.364 e. The van der Waals surface area contributed by atoms with E-state index >= 15 is 0 Å². The van der Waals surface area contributed by atoms with Crippen molar-refractivity contribution in [1.29, 1.82) is 0 Å². The molecule has 0 aliphatic heterocycles. The average Bonchev–Trinajstić information content (AvgIpc) is 1.83.